The number of hydrogen-bond donors (Lipinski definition) is 0. The maximum Gasteiger partial charge on any atom is 0.331 e. The third kappa shape index (κ3) is 2.52. The van der Waals surface area contributed by atoms with Crippen molar-refractivity contribution < 1.29 is 14.3 Å². The Morgan fingerprint density at radius 1 is 1.09 bits per heavy atom. The zero-order valence-corrected chi connectivity index (χ0v) is 12.7. The molecule has 0 spiro atoms. The lowest BCUT2D eigenvalue weighted by Crippen LogP contribution is -2.16. The Labute approximate surface area is 130 Å². The van der Waals surface area contributed by atoms with Gasteiger partial charge in [-0.15, -0.1) is 0 Å². The minimum atomic E-state index is -0.293. The van der Waals surface area contributed by atoms with Crippen LogP contribution in [-0.2, 0) is 9.53 Å². The van der Waals surface area contributed by atoms with Gasteiger partial charge in [-0.05, 0) is 24.6 Å². The predicted octanol–water partition coefficient (Wildman–Crippen LogP) is 3.19. The van der Waals surface area contributed by atoms with Gasteiger partial charge in [0.1, 0.15) is 5.75 Å². The van der Waals surface area contributed by atoms with Crippen LogP contribution in [0.25, 0.3) is 0 Å². The quantitative estimate of drug-likeness (QED) is 0.627. The van der Waals surface area contributed by atoms with E-state index in [1.54, 1.807) is 7.11 Å². The molecule has 0 saturated carbocycles. The first-order chi connectivity index (χ1) is 10.8. The van der Waals surface area contributed by atoms with Gasteiger partial charge < -0.3 is 14.4 Å². The molecule has 0 unspecified atom stereocenters. The van der Waals surface area contributed by atoms with Crippen LogP contribution in [0.15, 0.2) is 54.6 Å². The van der Waals surface area contributed by atoms with Crippen molar-refractivity contribution in [3.8, 4) is 5.75 Å². The van der Waals surface area contributed by atoms with E-state index in [0.717, 1.165) is 17.0 Å². The average molecular weight is 297 g/mol. The molecule has 1 aliphatic heterocycles. The summed E-state index contributed by atoms with van der Waals surface area (Å²) < 4.78 is 10.6. The summed E-state index contributed by atoms with van der Waals surface area (Å²) in [6.07, 6.45) is 0. The second kappa shape index (κ2) is 6.10. The summed E-state index contributed by atoms with van der Waals surface area (Å²) in [6.45, 7) is 2.21. The van der Waals surface area contributed by atoms with Crippen LogP contribution < -0.4 is 9.64 Å². The number of para-hydroxylation sites is 2. The summed E-state index contributed by atoms with van der Waals surface area (Å²) in [5.41, 5.74) is 2.02. The van der Waals surface area contributed by atoms with E-state index in [-0.39, 0.29) is 18.1 Å². The number of carbonyl (C=O) groups is 1. The maximum atomic E-state index is 12.3. The van der Waals surface area contributed by atoms with Gasteiger partial charge in [-0.1, -0.05) is 42.5 Å². The summed E-state index contributed by atoms with van der Waals surface area (Å²) in [7, 11) is 1.64. The molecule has 2 aromatic rings. The molecule has 1 fully saturated rings. The second-order valence-corrected chi connectivity index (χ2v) is 5.13. The van der Waals surface area contributed by atoms with Gasteiger partial charge in [0.05, 0.1) is 25.4 Å². The number of methoxy groups -OCH3 is 1. The fraction of sp³-hybridized carbons (Fsp3) is 0.278. The zero-order valence-electron chi connectivity index (χ0n) is 12.7. The zero-order chi connectivity index (χ0) is 15.5. The van der Waals surface area contributed by atoms with Crippen LogP contribution in [0.1, 0.15) is 18.5 Å². The van der Waals surface area contributed by atoms with E-state index < -0.39 is 0 Å². The number of ether oxygens (including phenoxy) is 2. The van der Waals surface area contributed by atoms with Gasteiger partial charge in [-0.3, -0.25) is 0 Å². The van der Waals surface area contributed by atoms with E-state index >= 15 is 0 Å². The Morgan fingerprint density at radius 2 is 1.77 bits per heavy atom. The van der Waals surface area contributed by atoms with E-state index in [9.17, 15) is 4.79 Å². The standard InChI is InChI=1S/C18H19NO3/c1-3-22-18(20)17-16(13-9-5-4-6-10-13)19(17)14-11-7-8-12-15(14)21-2/h4-12,16-17H,3H2,1-2H3/t16-,17-,19?/m0/s1. The van der Waals surface area contributed by atoms with Crippen molar-refractivity contribution in [1.82, 2.24) is 0 Å². The summed E-state index contributed by atoms with van der Waals surface area (Å²) in [4.78, 5) is 14.3. The number of benzene rings is 2. The highest BCUT2D eigenvalue weighted by molar-refractivity contribution is 5.90. The maximum absolute atomic E-state index is 12.3. The second-order valence-electron chi connectivity index (χ2n) is 5.13. The molecule has 3 rings (SSSR count). The normalized spacial score (nSPS) is 19.6. The van der Waals surface area contributed by atoms with Crippen molar-refractivity contribution in [3.05, 3.63) is 60.2 Å². The molecule has 0 aliphatic carbocycles. The molecule has 1 heterocycles. The Hall–Kier alpha value is -2.49. The van der Waals surface area contributed by atoms with E-state index in [1.165, 1.54) is 0 Å². The summed E-state index contributed by atoms with van der Waals surface area (Å²) in [5, 5.41) is 0. The molecule has 0 N–H and O–H groups in total. The monoisotopic (exact) mass is 297 g/mol. The minimum Gasteiger partial charge on any atom is -0.495 e. The highest BCUT2D eigenvalue weighted by Gasteiger charge is 2.55. The fourth-order valence-electron chi connectivity index (χ4n) is 2.84. The third-order valence-corrected chi connectivity index (χ3v) is 3.84. The Balaban J connectivity index is 1.95. The van der Waals surface area contributed by atoms with Crippen LogP contribution in [0.5, 0.6) is 5.75 Å². The molecule has 2 aromatic carbocycles. The highest BCUT2D eigenvalue weighted by Crippen LogP contribution is 2.50. The number of esters is 1. The van der Waals surface area contributed by atoms with Crippen molar-refractivity contribution >= 4 is 11.7 Å². The number of carbonyl (C=O) groups excluding carboxylic acids is 1. The smallest absolute Gasteiger partial charge is 0.331 e. The molecule has 0 bridgehead atoms. The van der Waals surface area contributed by atoms with E-state index in [2.05, 4.69) is 0 Å². The first kappa shape index (κ1) is 14.4. The number of nitrogens with zero attached hydrogens (tertiary/aromatic N) is 1. The Bertz CT molecular complexity index is 656. The number of hydrogen-bond acceptors (Lipinski definition) is 4. The van der Waals surface area contributed by atoms with Crippen LogP contribution in [0.4, 0.5) is 5.69 Å². The van der Waals surface area contributed by atoms with Crippen molar-refractivity contribution in [2.24, 2.45) is 0 Å². The highest BCUT2D eigenvalue weighted by atomic mass is 16.5. The summed E-state index contributed by atoms with van der Waals surface area (Å²) >= 11 is 0. The van der Waals surface area contributed by atoms with Crippen molar-refractivity contribution in [3.63, 3.8) is 0 Å². The largest absolute Gasteiger partial charge is 0.495 e. The first-order valence-corrected chi connectivity index (χ1v) is 7.41. The van der Waals surface area contributed by atoms with Crippen LogP contribution in [0.3, 0.4) is 0 Å². The molecular weight excluding hydrogens is 278 g/mol. The van der Waals surface area contributed by atoms with Crippen LogP contribution in [-0.4, -0.2) is 25.7 Å². The molecule has 0 radical (unpaired) electrons. The van der Waals surface area contributed by atoms with Crippen LogP contribution in [0, 0.1) is 0 Å². The van der Waals surface area contributed by atoms with Gasteiger partial charge in [-0.2, -0.15) is 0 Å². The number of anilines is 1. The molecule has 4 heteroatoms. The van der Waals surface area contributed by atoms with E-state index in [4.69, 9.17) is 9.47 Å². The number of rotatable bonds is 5. The van der Waals surface area contributed by atoms with Crippen molar-refractivity contribution in [2.75, 3.05) is 18.6 Å². The van der Waals surface area contributed by atoms with Gasteiger partial charge in [0.15, 0.2) is 6.04 Å². The van der Waals surface area contributed by atoms with Gasteiger partial charge >= 0.3 is 5.97 Å². The minimum absolute atomic E-state index is 0.00319. The summed E-state index contributed by atoms with van der Waals surface area (Å²) in [6, 6.07) is 17.4. The van der Waals surface area contributed by atoms with Gasteiger partial charge in [0.25, 0.3) is 0 Å². The van der Waals surface area contributed by atoms with Gasteiger partial charge in [0.2, 0.25) is 0 Å². The molecule has 114 valence electrons. The molecule has 22 heavy (non-hydrogen) atoms. The molecule has 0 amide bonds. The SMILES string of the molecule is CCOC(=O)[C@@H]1[C@H](c2ccccc2)N1c1ccccc1OC. The summed E-state index contributed by atoms with van der Waals surface area (Å²) in [5.74, 6) is 0.567. The molecular formula is C18H19NO3. The lowest BCUT2D eigenvalue weighted by Gasteiger charge is -2.11. The molecule has 1 aliphatic rings. The first-order valence-electron chi connectivity index (χ1n) is 7.41. The van der Waals surface area contributed by atoms with E-state index in [1.807, 2.05) is 66.4 Å². The van der Waals surface area contributed by atoms with Gasteiger partial charge in [-0.25, -0.2) is 4.79 Å². The fourth-order valence-corrected chi connectivity index (χ4v) is 2.84. The lowest BCUT2D eigenvalue weighted by atomic mass is 10.1. The lowest BCUT2D eigenvalue weighted by molar-refractivity contribution is -0.142. The third-order valence-electron chi connectivity index (χ3n) is 3.84. The van der Waals surface area contributed by atoms with E-state index in [0.29, 0.717) is 6.61 Å². The van der Waals surface area contributed by atoms with Crippen molar-refractivity contribution in [1.29, 1.82) is 0 Å². The Kier molecular flexibility index (Phi) is 4.00. The van der Waals surface area contributed by atoms with Gasteiger partial charge in [0, 0.05) is 0 Å². The molecule has 2 atom stereocenters. The molecule has 4 nitrogen and oxygen atoms in total. The topological polar surface area (TPSA) is 38.5 Å². The average Bonchev–Trinajstić information content (AvgIpc) is 3.31. The predicted molar refractivity (Wildman–Crippen MR) is 85.1 cm³/mol. The Morgan fingerprint density at radius 3 is 2.45 bits per heavy atom. The van der Waals surface area contributed by atoms with Crippen molar-refractivity contribution in [2.45, 2.75) is 19.0 Å². The molecule has 0 aromatic heterocycles. The molecule has 1 saturated heterocycles. The van der Waals surface area contributed by atoms with Crippen LogP contribution in [0.2, 0.25) is 0 Å². The van der Waals surface area contributed by atoms with Crippen LogP contribution >= 0.6 is 0 Å².